The number of benzene rings is 4. The molecule has 0 aliphatic rings. The Kier molecular flexibility index (Phi) is 12.2. The summed E-state index contributed by atoms with van der Waals surface area (Å²) in [6, 6.07) is 7.70. The van der Waals surface area contributed by atoms with Gasteiger partial charge in [-0.25, -0.2) is 10.5 Å². The van der Waals surface area contributed by atoms with E-state index >= 15 is 0 Å². The normalized spacial score (nSPS) is 12.3. The number of hydrogen-bond donors (Lipinski definition) is 7. The number of rotatable bonds is 14. The first-order chi connectivity index (χ1) is 24.0. The van der Waals surface area contributed by atoms with Crippen LogP contribution in [0.15, 0.2) is 88.6 Å². The van der Waals surface area contributed by atoms with Crippen molar-refractivity contribution >= 4 is 95.1 Å². The average molecular weight is 791 g/mol. The van der Waals surface area contributed by atoms with Crippen LogP contribution in [0, 0.1) is 10.1 Å². The third kappa shape index (κ3) is 9.26. The Balaban J connectivity index is 1.98. The van der Waals surface area contributed by atoms with Crippen LogP contribution >= 0.6 is 24.1 Å². The van der Waals surface area contributed by atoms with Gasteiger partial charge < -0.3 is 15.5 Å². The highest BCUT2D eigenvalue weighted by Crippen LogP contribution is 2.51. The highest BCUT2D eigenvalue weighted by atomic mass is 32.2. The maximum atomic E-state index is 12.3. The number of carbonyl (C=O) groups is 1. The van der Waals surface area contributed by atoms with Crippen LogP contribution < -0.4 is 5.32 Å². The van der Waals surface area contributed by atoms with Crippen LogP contribution in [-0.4, -0.2) is 57.5 Å². The van der Waals surface area contributed by atoms with Gasteiger partial charge in [-0.2, -0.15) is 21.9 Å². The number of hydrogen-bond acceptors (Lipinski definition) is 21. The van der Waals surface area contributed by atoms with Crippen LogP contribution in [0.2, 0.25) is 0 Å². The lowest BCUT2D eigenvalue weighted by atomic mass is 10.1. The molecule has 4 aromatic rings. The predicted molar refractivity (Wildman–Crippen MR) is 170 cm³/mol. The lowest BCUT2D eigenvalue weighted by molar-refractivity contribution is -0.432. The summed E-state index contributed by atoms with van der Waals surface area (Å²) >= 11 is 0.366. The minimum absolute atomic E-state index is 0.0689. The fourth-order valence-electron chi connectivity index (χ4n) is 4.06. The van der Waals surface area contributed by atoms with Gasteiger partial charge in [0.05, 0.1) is 55.6 Å². The van der Waals surface area contributed by atoms with Gasteiger partial charge >= 0.3 is 0 Å². The molecule has 0 atom stereocenters. The van der Waals surface area contributed by atoms with Gasteiger partial charge in [-0.15, -0.1) is 24.0 Å². The zero-order chi connectivity index (χ0) is 37.7. The average Bonchev–Trinajstić information content (AvgIpc) is 3.04. The molecule has 4 rings (SSSR count). The zero-order valence-electron chi connectivity index (χ0n) is 24.7. The molecule has 0 bridgehead atoms. The van der Waals surface area contributed by atoms with Gasteiger partial charge in [0.15, 0.2) is 11.5 Å². The molecule has 23 nitrogen and oxygen atoms in total. The minimum atomic E-state index is -5.18. The van der Waals surface area contributed by atoms with E-state index in [9.17, 15) is 51.1 Å². The third-order valence-corrected chi connectivity index (χ3v) is 9.09. The summed E-state index contributed by atoms with van der Waals surface area (Å²) in [5.41, 5.74) is -2.95. The van der Waals surface area contributed by atoms with E-state index in [1.807, 2.05) is 0 Å². The van der Waals surface area contributed by atoms with E-state index in [1.54, 1.807) is 0 Å². The second kappa shape index (κ2) is 16.0. The molecule has 0 aromatic heterocycles. The van der Waals surface area contributed by atoms with Crippen molar-refractivity contribution in [3.8, 4) is 11.5 Å². The molecular weight excluding hydrogens is 773 g/mol. The van der Waals surface area contributed by atoms with E-state index in [2.05, 4.69) is 44.5 Å². The number of anilines is 1. The van der Waals surface area contributed by atoms with Crippen LogP contribution in [0.3, 0.4) is 0 Å². The molecule has 270 valence electrons. The van der Waals surface area contributed by atoms with E-state index in [1.165, 1.54) is 0 Å². The zero-order valence-corrected chi connectivity index (χ0v) is 27.9. The molecule has 0 saturated carbocycles. The van der Waals surface area contributed by atoms with Gasteiger partial charge in [0.1, 0.15) is 26.9 Å². The molecule has 1 amide bonds. The summed E-state index contributed by atoms with van der Waals surface area (Å²) in [5.74, 6) is -2.84. The number of nitrogens with zero attached hydrogens (tertiary/aromatic N) is 5. The van der Waals surface area contributed by atoms with Crippen LogP contribution in [0.5, 0.6) is 11.5 Å². The van der Waals surface area contributed by atoms with Gasteiger partial charge in [0.2, 0.25) is 5.91 Å². The molecule has 0 aliphatic carbocycles. The molecule has 0 radical (unpaired) electrons. The molecular formula is C24H18N6O17S4. The lowest BCUT2D eigenvalue weighted by Gasteiger charge is -2.14. The summed E-state index contributed by atoms with van der Waals surface area (Å²) in [6.45, 7) is 1.06. The quantitative estimate of drug-likeness (QED) is 0.0184. The number of phenols is 2. The summed E-state index contributed by atoms with van der Waals surface area (Å²) < 4.78 is 77.6. The fourth-order valence-corrected chi connectivity index (χ4v) is 6.31. The first kappa shape index (κ1) is 38.9. The van der Waals surface area contributed by atoms with Crippen molar-refractivity contribution in [1.29, 1.82) is 0 Å². The van der Waals surface area contributed by atoms with Crippen molar-refractivity contribution in [3.05, 3.63) is 58.6 Å². The summed E-state index contributed by atoms with van der Waals surface area (Å²) in [6.07, 6.45) is 0. The Morgan fingerprint density at radius 2 is 1.37 bits per heavy atom. The minimum Gasteiger partial charge on any atom is -0.505 e. The molecule has 0 fully saturated rings. The Bertz CT molecular complexity index is 2300. The van der Waals surface area contributed by atoms with Crippen LogP contribution in [0.4, 0.5) is 34.1 Å². The lowest BCUT2D eigenvalue weighted by Crippen LogP contribution is -2.08. The van der Waals surface area contributed by atoms with Crippen molar-refractivity contribution in [2.75, 3.05) is 5.32 Å². The highest BCUT2D eigenvalue weighted by molar-refractivity contribution is 7.95. The van der Waals surface area contributed by atoms with E-state index in [-0.39, 0.29) is 56.3 Å². The molecule has 7 N–H and O–H groups in total. The van der Waals surface area contributed by atoms with Crippen molar-refractivity contribution < 1.29 is 75.1 Å². The number of fused-ring (bicyclic) bond motifs is 1. The third-order valence-electron chi connectivity index (χ3n) is 6.07. The standard InChI is InChI=1S/C24H18N6O17S4/c1-10(31)25-14-9-18(50(38,39)40)15(8-16(14)48-46-44-36)27-28-21-17(49-47-45-37)6-11-7-19(51(41,42)43)22(24(33)20(11)23(21)32)29-26-12-2-4-13(5-3-12)30(34)35/h2-9,32-33,36-37H,1H3,(H,25,31)(H,38,39,40)(H,41,42,43)/b28-27+,29-26+. The summed E-state index contributed by atoms with van der Waals surface area (Å²) in [4.78, 5) is 19.4. The Labute approximate surface area is 291 Å². The smallest absolute Gasteiger partial charge is 0.296 e. The SMILES string of the molecule is CC(=O)Nc1cc(S(=O)(=O)O)c(/N=N/c2c(SOOO)cc3cc(S(=O)(=O)O)c(/N=N/c4ccc([N+](=O)[O-])cc4)c(O)c3c2O)cc1SOOO. The molecule has 0 unspecified atom stereocenters. The van der Waals surface area contributed by atoms with E-state index in [0.29, 0.717) is 0 Å². The van der Waals surface area contributed by atoms with Crippen molar-refractivity contribution in [3.63, 3.8) is 0 Å². The second-order valence-corrected chi connectivity index (χ2v) is 13.6. The van der Waals surface area contributed by atoms with Crippen molar-refractivity contribution in [2.45, 2.75) is 26.5 Å². The van der Waals surface area contributed by atoms with Gasteiger partial charge in [0.25, 0.3) is 25.9 Å². The first-order valence-electron chi connectivity index (χ1n) is 12.8. The number of carbonyl (C=O) groups excluding carboxylic acids is 1. The predicted octanol–water partition coefficient (Wildman–Crippen LogP) is 6.30. The number of nitrogens with one attached hydrogen (secondary N) is 1. The molecule has 0 aliphatic heterocycles. The summed E-state index contributed by atoms with van der Waals surface area (Å²) in [7, 11) is -10.3. The highest BCUT2D eigenvalue weighted by Gasteiger charge is 2.27. The van der Waals surface area contributed by atoms with Gasteiger partial charge in [0, 0.05) is 19.1 Å². The molecule has 51 heavy (non-hydrogen) atoms. The van der Waals surface area contributed by atoms with E-state index < -0.39 is 74.8 Å². The molecule has 0 saturated heterocycles. The fraction of sp³-hybridized carbons (Fsp3) is 0.0417. The molecule has 27 heteroatoms. The van der Waals surface area contributed by atoms with Crippen molar-refractivity contribution in [2.24, 2.45) is 20.5 Å². The number of nitro groups is 1. The number of nitro benzene ring substituents is 1. The topological polar surface area (TPSA) is 348 Å². The second-order valence-electron chi connectivity index (χ2n) is 9.31. The summed E-state index contributed by atoms with van der Waals surface area (Å²) in [5, 5.41) is 74.0. The molecule has 0 spiro atoms. The molecule has 0 heterocycles. The number of amides is 1. The number of azo groups is 2. The Morgan fingerprint density at radius 3 is 1.92 bits per heavy atom. The Hall–Kier alpha value is -4.91. The van der Waals surface area contributed by atoms with Crippen molar-refractivity contribution in [1.82, 2.24) is 0 Å². The number of phenolic OH excluding ortho intramolecular Hbond substituents is 2. The van der Waals surface area contributed by atoms with Gasteiger partial charge in [-0.05, 0) is 41.8 Å². The van der Waals surface area contributed by atoms with Crippen LogP contribution in [0.1, 0.15) is 6.92 Å². The number of aromatic hydroxyl groups is 2. The van der Waals surface area contributed by atoms with Crippen LogP contribution in [0.25, 0.3) is 10.8 Å². The number of non-ortho nitro benzene ring substituents is 1. The van der Waals surface area contributed by atoms with Gasteiger partial charge in [-0.3, -0.25) is 24.0 Å². The van der Waals surface area contributed by atoms with Crippen LogP contribution in [-0.2, 0) is 43.8 Å². The van der Waals surface area contributed by atoms with Gasteiger partial charge in [-0.1, -0.05) is 10.1 Å². The van der Waals surface area contributed by atoms with E-state index in [4.69, 9.17) is 10.5 Å². The maximum Gasteiger partial charge on any atom is 0.296 e. The first-order valence-corrected chi connectivity index (χ1v) is 17.2. The largest absolute Gasteiger partial charge is 0.505 e. The maximum absolute atomic E-state index is 12.3. The monoisotopic (exact) mass is 790 g/mol. The molecule has 4 aromatic carbocycles. The Morgan fingerprint density at radius 1 is 0.804 bits per heavy atom. The van der Waals surface area contributed by atoms with E-state index in [0.717, 1.165) is 55.5 Å².